The number of rotatable bonds is 1. The Hall–Kier alpha value is -0.930. The van der Waals surface area contributed by atoms with Crippen molar-refractivity contribution in [1.29, 1.82) is 0 Å². The lowest BCUT2D eigenvalue weighted by Gasteiger charge is -2.24. The number of halogens is 1. The van der Waals surface area contributed by atoms with Gasteiger partial charge in [0.15, 0.2) is 0 Å². The lowest BCUT2D eigenvalue weighted by molar-refractivity contribution is 0.587. The summed E-state index contributed by atoms with van der Waals surface area (Å²) in [5.41, 5.74) is 9.34. The van der Waals surface area contributed by atoms with Gasteiger partial charge >= 0.3 is 0 Å². The predicted molar refractivity (Wildman–Crippen MR) is 76.0 cm³/mol. The summed E-state index contributed by atoms with van der Waals surface area (Å²) >= 11 is 3.48. The minimum atomic E-state index is 0.0731. The van der Waals surface area contributed by atoms with Crippen LogP contribution in [0.2, 0.25) is 0 Å². The molecule has 0 aliphatic carbocycles. The molecule has 2 nitrogen and oxygen atoms in total. The second-order valence-corrected chi connectivity index (χ2v) is 6.19. The van der Waals surface area contributed by atoms with Gasteiger partial charge in [-0.1, -0.05) is 42.8 Å². The van der Waals surface area contributed by atoms with E-state index < -0.39 is 0 Å². The number of benzene rings is 1. The number of nitrogens with two attached hydrogens (primary N) is 1. The molecule has 0 spiro atoms. The van der Waals surface area contributed by atoms with E-state index in [1.807, 2.05) is 12.3 Å². The molecule has 2 rings (SSSR count). The first-order chi connectivity index (χ1) is 7.93. The zero-order valence-electron chi connectivity index (χ0n) is 10.4. The van der Waals surface area contributed by atoms with Crippen LogP contribution >= 0.6 is 15.9 Å². The summed E-state index contributed by atoms with van der Waals surface area (Å²) in [6.45, 7) is 7.17. The average molecular weight is 293 g/mol. The fraction of sp³-hybridized carbons (Fsp3) is 0.357. The van der Waals surface area contributed by atoms with Crippen LogP contribution in [0.3, 0.4) is 0 Å². The normalized spacial score (nSPS) is 12.1. The van der Waals surface area contributed by atoms with Crippen molar-refractivity contribution in [3.8, 4) is 0 Å². The Morgan fingerprint density at radius 2 is 2.00 bits per heavy atom. The van der Waals surface area contributed by atoms with Crippen molar-refractivity contribution in [1.82, 2.24) is 4.98 Å². The fourth-order valence-electron chi connectivity index (χ4n) is 2.25. The van der Waals surface area contributed by atoms with Crippen molar-refractivity contribution in [2.75, 3.05) is 0 Å². The molecule has 0 fully saturated rings. The number of nitrogens with zero attached hydrogens (tertiary/aromatic N) is 1. The summed E-state index contributed by atoms with van der Waals surface area (Å²) in [7, 11) is 0. The molecule has 0 saturated heterocycles. The van der Waals surface area contributed by atoms with Crippen LogP contribution in [-0.2, 0) is 12.0 Å². The monoisotopic (exact) mass is 292 g/mol. The topological polar surface area (TPSA) is 38.9 Å². The van der Waals surface area contributed by atoms with Gasteiger partial charge in [-0.2, -0.15) is 0 Å². The van der Waals surface area contributed by atoms with Crippen molar-refractivity contribution in [3.05, 3.63) is 40.0 Å². The summed E-state index contributed by atoms with van der Waals surface area (Å²) in [5.74, 6) is 0. The highest BCUT2D eigenvalue weighted by Gasteiger charge is 2.20. The van der Waals surface area contributed by atoms with Crippen molar-refractivity contribution in [3.63, 3.8) is 0 Å². The number of pyridine rings is 1. The molecule has 0 saturated carbocycles. The van der Waals surface area contributed by atoms with E-state index in [9.17, 15) is 0 Å². The number of hydrogen-bond acceptors (Lipinski definition) is 2. The van der Waals surface area contributed by atoms with Crippen LogP contribution in [0.1, 0.15) is 31.9 Å². The van der Waals surface area contributed by atoms with Gasteiger partial charge in [-0.25, -0.2) is 0 Å². The van der Waals surface area contributed by atoms with Gasteiger partial charge in [0.1, 0.15) is 0 Å². The Kier molecular flexibility index (Phi) is 3.23. The van der Waals surface area contributed by atoms with Crippen LogP contribution in [0.25, 0.3) is 10.9 Å². The zero-order valence-corrected chi connectivity index (χ0v) is 12.0. The second kappa shape index (κ2) is 4.39. The molecule has 1 aromatic carbocycles. The first-order valence-corrected chi connectivity index (χ1v) is 6.50. The van der Waals surface area contributed by atoms with E-state index in [4.69, 9.17) is 5.73 Å². The minimum Gasteiger partial charge on any atom is -0.326 e. The van der Waals surface area contributed by atoms with Gasteiger partial charge in [0.05, 0.1) is 5.52 Å². The highest BCUT2D eigenvalue weighted by atomic mass is 79.9. The molecule has 0 unspecified atom stereocenters. The van der Waals surface area contributed by atoms with Crippen LogP contribution in [0.5, 0.6) is 0 Å². The highest BCUT2D eigenvalue weighted by Crippen LogP contribution is 2.33. The van der Waals surface area contributed by atoms with Crippen molar-refractivity contribution < 1.29 is 0 Å². The molecule has 17 heavy (non-hydrogen) atoms. The van der Waals surface area contributed by atoms with Gasteiger partial charge < -0.3 is 5.73 Å². The fourth-order valence-corrected chi connectivity index (χ4v) is 2.60. The molecule has 1 aromatic heterocycles. The molecule has 90 valence electrons. The van der Waals surface area contributed by atoms with Gasteiger partial charge in [0.2, 0.25) is 0 Å². The van der Waals surface area contributed by atoms with E-state index in [-0.39, 0.29) is 5.41 Å². The average Bonchev–Trinajstić information content (AvgIpc) is 2.25. The lowest BCUT2D eigenvalue weighted by atomic mass is 9.82. The predicted octanol–water partition coefficient (Wildman–Crippen LogP) is 3.75. The van der Waals surface area contributed by atoms with Gasteiger partial charge in [0.25, 0.3) is 0 Å². The van der Waals surface area contributed by atoms with Gasteiger partial charge in [-0.3, -0.25) is 4.98 Å². The van der Waals surface area contributed by atoms with E-state index >= 15 is 0 Å². The molecule has 0 bridgehead atoms. The Balaban J connectivity index is 2.84. The molecule has 1 heterocycles. The third-order valence-electron chi connectivity index (χ3n) is 2.88. The Bertz CT molecular complexity index is 556. The first-order valence-electron chi connectivity index (χ1n) is 5.71. The second-order valence-electron chi connectivity index (χ2n) is 5.27. The zero-order chi connectivity index (χ0) is 12.6. The SMILES string of the molecule is CC(C)(C)c1c(CN)cnc2cc(Br)ccc12. The highest BCUT2D eigenvalue weighted by molar-refractivity contribution is 9.10. The first kappa shape index (κ1) is 12.5. The van der Waals surface area contributed by atoms with Gasteiger partial charge in [-0.05, 0) is 28.7 Å². The quantitative estimate of drug-likeness (QED) is 0.869. The summed E-state index contributed by atoms with van der Waals surface area (Å²) in [6, 6.07) is 6.22. The Morgan fingerprint density at radius 1 is 1.29 bits per heavy atom. The minimum absolute atomic E-state index is 0.0731. The standard InChI is InChI=1S/C14H17BrN2/c1-14(2,3)13-9(7-16)8-17-12-6-10(15)4-5-11(12)13/h4-6,8H,7,16H2,1-3H3. The van der Waals surface area contributed by atoms with Crippen LogP contribution in [-0.4, -0.2) is 4.98 Å². The molecule has 0 amide bonds. The van der Waals surface area contributed by atoms with Crippen LogP contribution in [0.4, 0.5) is 0 Å². The van der Waals surface area contributed by atoms with E-state index in [2.05, 4.69) is 53.8 Å². The molecule has 0 atom stereocenters. The maximum atomic E-state index is 5.82. The van der Waals surface area contributed by atoms with E-state index in [0.29, 0.717) is 6.54 Å². The Labute approximate surface area is 110 Å². The summed E-state index contributed by atoms with van der Waals surface area (Å²) in [5, 5.41) is 1.20. The summed E-state index contributed by atoms with van der Waals surface area (Å²) in [4.78, 5) is 4.48. The molecule has 2 aromatic rings. The maximum Gasteiger partial charge on any atom is 0.0716 e. The largest absolute Gasteiger partial charge is 0.326 e. The van der Waals surface area contributed by atoms with Crippen LogP contribution in [0.15, 0.2) is 28.9 Å². The number of fused-ring (bicyclic) bond motifs is 1. The molecule has 0 aliphatic heterocycles. The summed E-state index contributed by atoms with van der Waals surface area (Å²) < 4.78 is 1.05. The summed E-state index contributed by atoms with van der Waals surface area (Å²) in [6.07, 6.45) is 1.90. The van der Waals surface area contributed by atoms with Gasteiger partial charge in [0, 0.05) is 22.6 Å². The molecule has 2 N–H and O–H groups in total. The van der Waals surface area contributed by atoms with E-state index in [1.54, 1.807) is 0 Å². The van der Waals surface area contributed by atoms with Crippen molar-refractivity contribution >= 4 is 26.8 Å². The lowest BCUT2D eigenvalue weighted by Crippen LogP contribution is -2.17. The number of aromatic nitrogens is 1. The number of hydrogen-bond donors (Lipinski definition) is 1. The van der Waals surface area contributed by atoms with Crippen molar-refractivity contribution in [2.45, 2.75) is 32.7 Å². The van der Waals surface area contributed by atoms with Crippen molar-refractivity contribution in [2.24, 2.45) is 5.73 Å². The smallest absolute Gasteiger partial charge is 0.0716 e. The van der Waals surface area contributed by atoms with Crippen LogP contribution < -0.4 is 5.73 Å². The molecular formula is C14H17BrN2. The molecule has 3 heteroatoms. The Morgan fingerprint density at radius 3 is 2.59 bits per heavy atom. The molecule has 0 aliphatic rings. The third-order valence-corrected chi connectivity index (χ3v) is 3.37. The molecule has 0 radical (unpaired) electrons. The van der Waals surface area contributed by atoms with Crippen LogP contribution in [0, 0.1) is 0 Å². The van der Waals surface area contributed by atoms with E-state index in [1.165, 1.54) is 10.9 Å². The molecular weight excluding hydrogens is 276 g/mol. The third kappa shape index (κ3) is 2.35. The van der Waals surface area contributed by atoms with Gasteiger partial charge in [-0.15, -0.1) is 0 Å². The maximum absolute atomic E-state index is 5.82. The van der Waals surface area contributed by atoms with E-state index in [0.717, 1.165) is 15.6 Å².